The highest BCUT2D eigenvalue weighted by atomic mass is 35.5. The number of anilines is 1. The molecule has 1 aliphatic carbocycles. The van der Waals surface area contributed by atoms with Gasteiger partial charge in [-0.1, -0.05) is 43.0 Å². The van der Waals surface area contributed by atoms with Crippen LogP contribution in [0.4, 0.5) is 10.2 Å². The van der Waals surface area contributed by atoms with Crippen molar-refractivity contribution in [1.82, 2.24) is 9.97 Å². The molecule has 2 heterocycles. The van der Waals surface area contributed by atoms with Gasteiger partial charge < -0.3 is 10.1 Å². The predicted octanol–water partition coefficient (Wildman–Crippen LogP) is 6.26. The molecule has 1 aliphatic rings. The van der Waals surface area contributed by atoms with Crippen LogP contribution in [-0.4, -0.2) is 16.0 Å². The molecule has 1 fully saturated rings. The number of aromatic nitrogens is 2. The molecule has 1 aromatic carbocycles. The molecule has 0 atom stereocenters. The number of rotatable bonds is 6. The zero-order valence-electron chi connectivity index (χ0n) is 16.1. The second kappa shape index (κ2) is 9.23. The molecule has 1 saturated carbocycles. The van der Waals surface area contributed by atoms with Gasteiger partial charge in [0.2, 0.25) is 0 Å². The smallest absolute Gasteiger partial charge is 0.138 e. The maximum absolute atomic E-state index is 13.3. The Hall–Kier alpha value is -2.66. The lowest BCUT2D eigenvalue weighted by molar-refractivity contribution is 0.304. The fourth-order valence-electron chi connectivity index (χ4n) is 3.63. The van der Waals surface area contributed by atoms with Gasteiger partial charge in [0.25, 0.3) is 0 Å². The van der Waals surface area contributed by atoms with Crippen molar-refractivity contribution < 1.29 is 9.13 Å². The van der Waals surface area contributed by atoms with Gasteiger partial charge in [-0.15, -0.1) is 0 Å². The molecule has 0 amide bonds. The maximum atomic E-state index is 13.3. The molecule has 1 N–H and O–H groups in total. The minimum absolute atomic E-state index is 0.265. The topological polar surface area (TPSA) is 47.0 Å². The van der Waals surface area contributed by atoms with E-state index < -0.39 is 0 Å². The van der Waals surface area contributed by atoms with Gasteiger partial charge in [-0.25, -0.2) is 9.37 Å². The van der Waals surface area contributed by atoms with E-state index in [0.717, 1.165) is 22.5 Å². The Balaban J connectivity index is 1.50. The summed E-state index contributed by atoms with van der Waals surface area (Å²) in [5.41, 5.74) is 2.46. The fourth-order valence-corrected chi connectivity index (χ4v) is 3.85. The van der Waals surface area contributed by atoms with Gasteiger partial charge in [0.05, 0.1) is 11.2 Å². The van der Waals surface area contributed by atoms with E-state index in [-0.39, 0.29) is 12.4 Å². The zero-order chi connectivity index (χ0) is 20.1. The summed E-state index contributed by atoms with van der Waals surface area (Å²) in [5.74, 6) is 1.14. The second-order valence-electron chi connectivity index (χ2n) is 7.36. The first-order chi connectivity index (χ1) is 14.2. The number of nitrogens with one attached hydrogen (secondary N) is 1. The summed E-state index contributed by atoms with van der Waals surface area (Å²) in [6, 6.07) is 10.7. The lowest BCUT2D eigenvalue weighted by atomic mass is 9.95. The van der Waals surface area contributed by atoms with Crippen molar-refractivity contribution in [1.29, 1.82) is 0 Å². The normalized spacial score (nSPS) is 14.6. The van der Waals surface area contributed by atoms with Crippen molar-refractivity contribution in [2.75, 3.05) is 5.32 Å². The highest BCUT2D eigenvalue weighted by Crippen LogP contribution is 2.32. The third kappa shape index (κ3) is 5.24. The Morgan fingerprint density at radius 1 is 1.07 bits per heavy atom. The van der Waals surface area contributed by atoms with Crippen LogP contribution in [0.15, 0.2) is 55.0 Å². The van der Waals surface area contributed by atoms with Crippen LogP contribution in [0.2, 0.25) is 5.02 Å². The van der Waals surface area contributed by atoms with E-state index in [0.29, 0.717) is 16.8 Å². The van der Waals surface area contributed by atoms with Gasteiger partial charge in [0, 0.05) is 29.6 Å². The molecule has 29 heavy (non-hydrogen) atoms. The molecule has 0 saturated heterocycles. The average Bonchev–Trinajstić information content (AvgIpc) is 2.75. The summed E-state index contributed by atoms with van der Waals surface area (Å²) in [4.78, 5) is 8.71. The Morgan fingerprint density at radius 3 is 2.76 bits per heavy atom. The van der Waals surface area contributed by atoms with Crippen molar-refractivity contribution in [3.05, 3.63) is 71.4 Å². The molecule has 0 spiro atoms. The van der Waals surface area contributed by atoms with E-state index in [4.69, 9.17) is 16.3 Å². The van der Waals surface area contributed by atoms with Gasteiger partial charge in [-0.2, -0.15) is 0 Å². The van der Waals surface area contributed by atoms with Crippen LogP contribution >= 0.6 is 11.6 Å². The maximum Gasteiger partial charge on any atom is 0.138 e. The molecule has 0 radical (unpaired) electrons. The highest BCUT2D eigenvalue weighted by Gasteiger charge is 2.15. The minimum Gasteiger partial charge on any atom is -0.487 e. The average molecular weight is 412 g/mol. The molecule has 0 aliphatic heterocycles. The van der Waals surface area contributed by atoms with Crippen molar-refractivity contribution in [2.45, 2.75) is 44.8 Å². The van der Waals surface area contributed by atoms with Gasteiger partial charge in [-0.05, 0) is 42.7 Å². The largest absolute Gasteiger partial charge is 0.487 e. The number of benzene rings is 1. The number of hydrogen-bond donors (Lipinski definition) is 1. The van der Waals surface area contributed by atoms with Crippen LogP contribution in [0, 0.1) is 5.82 Å². The third-order valence-electron chi connectivity index (χ3n) is 5.13. The lowest BCUT2D eigenvalue weighted by Gasteiger charge is -2.23. The van der Waals surface area contributed by atoms with Crippen LogP contribution in [0.5, 0.6) is 5.75 Å². The summed E-state index contributed by atoms with van der Waals surface area (Å²) in [5, 5.41) is 4.09. The third-order valence-corrected chi connectivity index (χ3v) is 5.43. The molecular weight excluding hydrogens is 389 g/mol. The van der Waals surface area contributed by atoms with E-state index in [9.17, 15) is 4.39 Å². The standard InChI is InChI=1S/C23H23ClFN3O/c24-22-14-27-23(28-19-7-2-1-3-8-19)11-21(22)17-10-20(13-26-12-17)29-15-16-5-4-6-18(25)9-16/h4-6,9-14,19H,1-3,7-8,15H2,(H,27,28). The molecule has 4 rings (SSSR count). The van der Waals surface area contributed by atoms with E-state index in [1.165, 1.54) is 44.2 Å². The lowest BCUT2D eigenvalue weighted by Crippen LogP contribution is -2.22. The fraction of sp³-hybridized carbons (Fsp3) is 0.304. The van der Waals surface area contributed by atoms with Crippen LogP contribution in [0.1, 0.15) is 37.7 Å². The Morgan fingerprint density at radius 2 is 1.93 bits per heavy atom. The van der Waals surface area contributed by atoms with Crippen molar-refractivity contribution in [3.63, 3.8) is 0 Å². The number of ether oxygens (including phenoxy) is 1. The summed E-state index contributed by atoms with van der Waals surface area (Å²) in [6.07, 6.45) is 11.2. The Kier molecular flexibility index (Phi) is 6.25. The molecule has 3 aromatic rings. The molecule has 0 bridgehead atoms. The first-order valence-electron chi connectivity index (χ1n) is 9.92. The Labute approximate surface area is 175 Å². The summed E-state index contributed by atoms with van der Waals surface area (Å²) in [6.45, 7) is 0.265. The molecule has 4 nitrogen and oxygen atoms in total. The van der Waals surface area contributed by atoms with Crippen LogP contribution in [-0.2, 0) is 6.61 Å². The van der Waals surface area contributed by atoms with Crippen molar-refractivity contribution in [3.8, 4) is 16.9 Å². The summed E-state index contributed by atoms with van der Waals surface area (Å²) in [7, 11) is 0. The van der Waals surface area contributed by atoms with Gasteiger partial charge >= 0.3 is 0 Å². The zero-order valence-corrected chi connectivity index (χ0v) is 16.8. The molecule has 150 valence electrons. The van der Waals surface area contributed by atoms with Crippen molar-refractivity contribution in [2.24, 2.45) is 0 Å². The minimum atomic E-state index is -0.278. The van der Waals surface area contributed by atoms with Crippen LogP contribution in [0.25, 0.3) is 11.1 Å². The highest BCUT2D eigenvalue weighted by molar-refractivity contribution is 6.33. The quantitative estimate of drug-likeness (QED) is 0.520. The summed E-state index contributed by atoms with van der Waals surface area (Å²) >= 11 is 6.42. The Bertz CT molecular complexity index is 976. The molecule has 2 aromatic heterocycles. The van der Waals surface area contributed by atoms with E-state index >= 15 is 0 Å². The number of nitrogens with zero attached hydrogens (tertiary/aromatic N) is 2. The van der Waals surface area contributed by atoms with E-state index in [2.05, 4.69) is 15.3 Å². The van der Waals surface area contributed by atoms with Gasteiger partial charge in [-0.3, -0.25) is 4.98 Å². The molecule has 0 unspecified atom stereocenters. The van der Waals surface area contributed by atoms with E-state index in [1.54, 1.807) is 24.7 Å². The molecular formula is C23H23ClFN3O. The predicted molar refractivity (Wildman–Crippen MR) is 114 cm³/mol. The second-order valence-corrected chi connectivity index (χ2v) is 7.76. The number of pyridine rings is 2. The first-order valence-corrected chi connectivity index (χ1v) is 10.3. The van der Waals surface area contributed by atoms with Crippen LogP contribution in [0.3, 0.4) is 0 Å². The van der Waals surface area contributed by atoms with Crippen LogP contribution < -0.4 is 10.1 Å². The number of halogens is 2. The first kappa shape index (κ1) is 19.6. The number of hydrogen-bond acceptors (Lipinski definition) is 4. The summed E-state index contributed by atoms with van der Waals surface area (Å²) < 4.78 is 19.1. The van der Waals surface area contributed by atoms with Gasteiger partial charge in [0.15, 0.2) is 0 Å². The van der Waals surface area contributed by atoms with E-state index in [1.807, 2.05) is 18.2 Å². The van der Waals surface area contributed by atoms with Crippen molar-refractivity contribution >= 4 is 17.4 Å². The molecule has 6 heteroatoms. The monoisotopic (exact) mass is 411 g/mol. The SMILES string of the molecule is Fc1cccc(COc2cncc(-c3cc(NC4CCCCC4)ncc3Cl)c2)c1. The van der Waals surface area contributed by atoms with Gasteiger partial charge in [0.1, 0.15) is 24.0 Å².